The number of carbonyl (C=O) groups excluding carboxylic acids is 1. The third kappa shape index (κ3) is 6.89. The molecule has 1 amide bonds. The van der Waals surface area contributed by atoms with Crippen LogP contribution in [0.25, 0.3) is 5.57 Å². The molecule has 10 heteroatoms. The fourth-order valence-electron chi connectivity index (χ4n) is 3.15. The minimum absolute atomic E-state index is 0. The summed E-state index contributed by atoms with van der Waals surface area (Å²) in [6.45, 7) is 2.90. The first-order valence-electron chi connectivity index (χ1n) is 9.40. The van der Waals surface area contributed by atoms with Gasteiger partial charge in [-0.3, -0.25) is 9.69 Å². The van der Waals surface area contributed by atoms with E-state index in [1.807, 2.05) is 66.6 Å². The van der Waals surface area contributed by atoms with Gasteiger partial charge in [-0.2, -0.15) is 0 Å². The number of amides is 1. The van der Waals surface area contributed by atoms with Gasteiger partial charge in [0.1, 0.15) is 4.32 Å². The van der Waals surface area contributed by atoms with Crippen molar-refractivity contribution in [1.82, 2.24) is 4.90 Å². The van der Waals surface area contributed by atoms with Crippen LogP contribution in [0.15, 0.2) is 65.8 Å². The van der Waals surface area contributed by atoms with Crippen molar-refractivity contribution in [3.8, 4) is 0 Å². The third-order valence-electron chi connectivity index (χ3n) is 4.58. The number of thiocarbonyl (C=S) groups is 1. The molecule has 3 rings (SSSR count). The van der Waals surface area contributed by atoms with Gasteiger partial charge in [-0.05, 0) is 37.1 Å². The summed E-state index contributed by atoms with van der Waals surface area (Å²) < 4.78 is 33.1. The second-order valence-electron chi connectivity index (χ2n) is 6.60. The first-order chi connectivity index (χ1) is 14.3. The van der Waals surface area contributed by atoms with E-state index in [0.29, 0.717) is 22.3 Å². The Morgan fingerprint density at radius 3 is 2.58 bits per heavy atom. The van der Waals surface area contributed by atoms with Crippen molar-refractivity contribution in [3.05, 3.63) is 71.3 Å². The van der Waals surface area contributed by atoms with E-state index in [4.69, 9.17) is 12.2 Å². The molecule has 2 aliphatic rings. The number of hydrogen-bond donors (Lipinski definition) is 0. The molecular weight excluding hydrogens is 463 g/mol. The van der Waals surface area contributed by atoms with Crippen LogP contribution in [-0.2, 0) is 14.9 Å². The van der Waals surface area contributed by atoms with Crippen LogP contribution < -0.4 is 34.5 Å². The fraction of sp³-hybridized carbons (Fsp3) is 0.238. The fourth-order valence-corrected chi connectivity index (χ4v) is 4.97. The molecule has 0 saturated carbocycles. The number of thioether (sulfide) groups is 1. The van der Waals surface area contributed by atoms with Crippen molar-refractivity contribution in [2.24, 2.45) is 0 Å². The second kappa shape index (κ2) is 11.6. The largest absolute Gasteiger partial charge is 1.00 e. The van der Waals surface area contributed by atoms with Gasteiger partial charge in [0, 0.05) is 36.3 Å². The van der Waals surface area contributed by atoms with Crippen LogP contribution in [0.2, 0.25) is 0 Å². The van der Waals surface area contributed by atoms with Crippen molar-refractivity contribution < 1.29 is 47.3 Å². The van der Waals surface area contributed by atoms with Crippen LogP contribution in [0.3, 0.4) is 0 Å². The van der Waals surface area contributed by atoms with E-state index in [1.54, 1.807) is 11.0 Å². The predicted octanol–water partition coefficient (Wildman–Crippen LogP) is 0.663. The summed E-state index contributed by atoms with van der Waals surface area (Å²) in [5, 5.41) is 0. The first-order valence-corrected chi connectivity index (χ1v) is 12.2. The maximum atomic E-state index is 12.2. The Kier molecular flexibility index (Phi) is 9.75. The van der Waals surface area contributed by atoms with Crippen LogP contribution in [0.5, 0.6) is 0 Å². The average Bonchev–Trinajstić information content (AvgIpc) is 2.98. The van der Waals surface area contributed by atoms with Gasteiger partial charge >= 0.3 is 29.6 Å². The Balaban J connectivity index is 0.00000341. The Hall–Kier alpha value is -1.20. The molecule has 0 unspecified atom stereocenters. The SMILES string of the molecule is CCN1C(=O)/C(=C/C=C/C=C2\C=CN(CCCS(=O)(=O)[O-])c3ccccc32)SC1=S.[Na+]. The van der Waals surface area contributed by atoms with Gasteiger partial charge in [-0.25, -0.2) is 8.42 Å². The number of benzene rings is 1. The van der Waals surface area contributed by atoms with Crippen LogP contribution in [0.1, 0.15) is 18.9 Å². The van der Waals surface area contributed by atoms with E-state index >= 15 is 0 Å². The summed E-state index contributed by atoms with van der Waals surface area (Å²) in [4.78, 5) is 16.3. The Morgan fingerprint density at radius 2 is 1.90 bits per heavy atom. The molecule has 1 aromatic rings. The van der Waals surface area contributed by atoms with E-state index in [1.165, 1.54) is 11.8 Å². The minimum Gasteiger partial charge on any atom is -0.748 e. The normalized spacial score (nSPS) is 18.9. The summed E-state index contributed by atoms with van der Waals surface area (Å²) >= 11 is 6.51. The van der Waals surface area contributed by atoms with Crippen molar-refractivity contribution in [2.75, 3.05) is 23.7 Å². The van der Waals surface area contributed by atoms with Gasteiger partial charge in [-0.1, -0.05) is 60.4 Å². The summed E-state index contributed by atoms with van der Waals surface area (Å²) in [5.41, 5.74) is 2.95. The maximum Gasteiger partial charge on any atom is 1.00 e. The molecule has 31 heavy (non-hydrogen) atoms. The molecule has 1 fully saturated rings. The van der Waals surface area contributed by atoms with E-state index in [2.05, 4.69) is 0 Å². The molecular formula is C21H21N2NaO4S3. The smallest absolute Gasteiger partial charge is 0.748 e. The van der Waals surface area contributed by atoms with Gasteiger partial charge in [0.2, 0.25) is 0 Å². The van der Waals surface area contributed by atoms with E-state index in [9.17, 15) is 17.8 Å². The monoisotopic (exact) mass is 484 g/mol. The molecule has 0 N–H and O–H groups in total. The van der Waals surface area contributed by atoms with Gasteiger partial charge in [0.25, 0.3) is 5.91 Å². The molecule has 0 radical (unpaired) electrons. The van der Waals surface area contributed by atoms with Crippen LogP contribution >= 0.6 is 24.0 Å². The predicted molar refractivity (Wildman–Crippen MR) is 125 cm³/mol. The second-order valence-corrected chi connectivity index (χ2v) is 9.80. The van der Waals surface area contributed by atoms with Crippen LogP contribution in [0.4, 0.5) is 5.69 Å². The van der Waals surface area contributed by atoms with Gasteiger partial charge in [0.15, 0.2) is 0 Å². The standard InChI is InChI=1S/C21H22N2O4S3.Na/c1-2-23-20(24)19(29-21(23)28)11-6-3-8-16-12-14-22(13-7-15-30(25,26)27)18-10-5-4-9-17(16)18;/h3-6,8-12,14H,2,7,13,15H2,1H3,(H,25,26,27);/q;+1/p-1/b6-3+,16-8+,19-11-;. The third-order valence-corrected chi connectivity index (χ3v) is 6.76. The van der Waals surface area contributed by atoms with E-state index in [0.717, 1.165) is 16.8 Å². The Labute approximate surface area is 214 Å². The number of likely N-dealkylation sites (N-methyl/N-ethyl adjacent to an activating group) is 1. The molecule has 2 heterocycles. The first kappa shape index (κ1) is 26.1. The molecule has 0 bridgehead atoms. The van der Waals surface area contributed by atoms with Gasteiger partial charge < -0.3 is 9.45 Å². The molecule has 0 aromatic heterocycles. The van der Waals surface area contributed by atoms with Gasteiger partial charge in [-0.15, -0.1) is 0 Å². The summed E-state index contributed by atoms with van der Waals surface area (Å²) in [6.07, 6.45) is 11.5. The Bertz CT molecular complexity index is 1080. The average molecular weight is 485 g/mol. The number of fused-ring (bicyclic) bond motifs is 1. The number of nitrogens with zero attached hydrogens (tertiary/aromatic N) is 2. The van der Waals surface area contributed by atoms with Gasteiger partial charge in [0.05, 0.1) is 15.0 Å². The molecule has 6 nitrogen and oxygen atoms in total. The van der Waals surface area contributed by atoms with Crippen molar-refractivity contribution in [2.45, 2.75) is 13.3 Å². The number of para-hydroxylation sites is 1. The molecule has 0 aliphatic carbocycles. The quantitative estimate of drug-likeness (QED) is 0.244. The maximum absolute atomic E-state index is 12.2. The number of hydrogen-bond acceptors (Lipinski definition) is 7. The topological polar surface area (TPSA) is 80.8 Å². The summed E-state index contributed by atoms with van der Waals surface area (Å²) in [5.74, 6) is -0.446. The zero-order valence-corrected chi connectivity index (χ0v) is 21.8. The number of rotatable bonds is 7. The van der Waals surface area contributed by atoms with Crippen molar-refractivity contribution in [3.63, 3.8) is 0 Å². The number of carbonyl (C=O) groups is 1. The molecule has 2 aliphatic heterocycles. The minimum atomic E-state index is -4.21. The molecule has 158 valence electrons. The van der Waals surface area contributed by atoms with Crippen LogP contribution in [-0.4, -0.2) is 46.9 Å². The Morgan fingerprint density at radius 1 is 1.19 bits per heavy atom. The summed E-state index contributed by atoms with van der Waals surface area (Å²) in [6, 6.07) is 7.80. The zero-order valence-electron chi connectivity index (χ0n) is 17.4. The van der Waals surface area contributed by atoms with E-state index < -0.39 is 10.1 Å². The van der Waals surface area contributed by atoms with Crippen molar-refractivity contribution in [1.29, 1.82) is 0 Å². The van der Waals surface area contributed by atoms with Crippen LogP contribution in [0, 0.1) is 0 Å². The number of allylic oxidation sites excluding steroid dienone is 6. The molecule has 0 atom stereocenters. The molecule has 0 spiro atoms. The molecule has 1 saturated heterocycles. The molecule has 1 aromatic carbocycles. The summed E-state index contributed by atoms with van der Waals surface area (Å²) in [7, 11) is -4.21. The number of anilines is 1. The van der Waals surface area contributed by atoms with E-state index in [-0.39, 0.29) is 47.6 Å². The zero-order chi connectivity index (χ0) is 21.7. The van der Waals surface area contributed by atoms with Crippen molar-refractivity contribution >= 4 is 55.6 Å².